The van der Waals surface area contributed by atoms with Crippen LogP contribution >= 0.6 is 0 Å². The molecule has 8 nitrogen and oxygen atoms in total. The molecule has 0 radical (unpaired) electrons. The Morgan fingerprint density at radius 2 is 2.04 bits per heavy atom. The lowest BCUT2D eigenvalue weighted by molar-refractivity contribution is -0.137. The maximum Gasteiger partial charge on any atom is 0.416 e. The van der Waals surface area contributed by atoms with Gasteiger partial charge in [-0.05, 0) is 25.3 Å². The molecular formula is C16H15F3N6O2. The van der Waals surface area contributed by atoms with Crippen LogP contribution in [0.2, 0.25) is 0 Å². The van der Waals surface area contributed by atoms with E-state index < -0.39 is 17.8 Å². The number of fused-ring (bicyclic) bond motifs is 1. The van der Waals surface area contributed by atoms with Crippen molar-refractivity contribution >= 4 is 16.9 Å². The van der Waals surface area contributed by atoms with Crippen molar-refractivity contribution in [2.75, 3.05) is 5.73 Å². The van der Waals surface area contributed by atoms with Crippen LogP contribution in [-0.4, -0.2) is 35.9 Å². The minimum absolute atomic E-state index is 0.0312. The summed E-state index contributed by atoms with van der Waals surface area (Å²) >= 11 is 0. The zero-order valence-corrected chi connectivity index (χ0v) is 13.9. The van der Waals surface area contributed by atoms with Crippen molar-refractivity contribution in [3.05, 3.63) is 30.2 Å². The molecule has 11 heteroatoms. The van der Waals surface area contributed by atoms with Crippen molar-refractivity contribution in [2.24, 2.45) is 0 Å². The monoisotopic (exact) mass is 380 g/mol. The average molecular weight is 380 g/mol. The van der Waals surface area contributed by atoms with Crippen molar-refractivity contribution in [2.45, 2.75) is 37.6 Å². The van der Waals surface area contributed by atoms with Crippen LogP contribution in [0.15, 0.2) is 24.7 Å². The third kappa shape index (κ3) is 3.25. The zero-order valence-electron chi connectivity index (χ0n) is 13.9. The van der Waals surface area contributed by atoms with Gasteiger partial charge in [-0.15, -0.1) is 5.10 Å². The molecule has 3 aromatic rings. The van der Waals surface area contributed by atoms with E-state index in [0.29, 0.717) is 24.9 Å². The van der Waals surface area contributed by atoms with E-state index in [0.717, 1.165) is 18.3 Å². The number of hydrogen-bond donors (Lipinski definition) is 2. The molecule has 0 amide bonds. The molecule has 3 heterocycles. The molecule has 1 aliphatic rings. The number of nitrogen functional groups attached to an aromatic ring is 1. The molecule has 4 rings (SSSR count). The molecule has 0 bridgehead atoms. The smallest absolute Gasteiger partial charge is 0.416 e. The fourth-order valence-electron chi connectivity index (χ4n) is 3.19. The maximum absolute atomic E-state index is 12.9. The summed E-state index contributed by atoms with van der Waals surface area (Å²) in [7, 11) is 0. The number of ether oxygens (including phenoxy) is 1. The first kappa shape index (κ1) is 17.5. The highest BCUT2D eigenvalue weighted by molar-refractivity contribution is 5.90. The van der Waals surface area contributed by atoms with Gasteiger partial charge in [0, 0.05) is 12.3 Å². The second kappa shape index (κ2) is 6.34. The third-order valence-corrected chi connectivity index (χ3v) is 4.47. The number of nitrogens with zero attached hydrogens (tertiary/aromatic N) is 5. The summed E-state index contributed by atoms with van der Waals surface area (Å²) in [4.78, 5) is 11.9. The van der Waals surface area contributed by atoms with E-state index in [9.17, 15) is 18.3 Å². The number of aliphatic hydroxyl groups is 1. The van der Waals surface area contributed by atoms with E-state index in [1.807, 2.05) is 0 Å². The van der Waals surface area contributed by atoms with Gasteiger partial charge in [0.05, 0.1) is 17.7 Å². The first-order valence-corrected chi connectivity index (χ1v) is 8.21. The first-order valence-electron chi connectivity index (χ1n) is 8.21. The molecule has 1 fully saturated rings. The van der Waals surface area contributed by atoms with Gasteiger partial charge in [0.1, 0.15) is 17.5 Å². The highest BCUT2D eigenvalue weighted by Gasteiger charge is 2.32. The summed E-state index contributed by atoms with van der Waals surface area (Å²) < 4.78 is 45.8. The predicted molar refractivity (Wildman–Crippen MR) is 87.9 cm³/mol. The zero-order chi connectivity index (χ0) is 19.2. The molecule has 0 saturated heterocycles. The maximum atomic E-state index is 12.9. The molecular weight excluding hydrogens is 365 g/mol. The minimum Gasteiger partial charge on any atom is -0.418 e. The second-order valence-electron chi connectivity index (χ2n) is 6.31. The van der Waals surface area contributed by atoms with Crippen LogP contribution in [0.4, 0.5) is 19.0 Å². The molecule has 1 saturated carbocycles. The van der Waals surface area contributed by atoms with Crippen LogP contribution in [0.25, 0.3) is 11.0 Å². The van der Waals surface area contributed by atoms with Crippen molar-refractivity contribution in [1.82, 2.24) is 24.7 Å². The Balaban J connectivity index is 1.76. The Kier molecular flexibility index (Phi) is 4.10. The number of halogens is 3. The van der Waals surface area contributed by atoms with Gasteiger partial charge in [-0.3, -0.25) is 0 Å². The molecule has 0 aromatic carbocycles. The predicted octanol–water partition coefficient (Wildman–Crippen LogP) is 2.70. The summed E-state index contributed by atoms with van der Waals surface area (Å²) in [5, 5.41) is 14.4. The molecule has 142 valence electrons. The Morgan fingerprint density at radius 3 is 2.74 bits per heavy atom. The van der Waals surface area contributed by atoms with Crippen LogP contribution in [-0.2, 0) is 6.18 Å². The Morgan fingerprint density at radius 1 is 1.22 bits per heavy atom. The molecule has 0 aliphatic heterocycles. The number of anilines is 1. The van der Waals surface area contributed by atoms with Gasteiger partial charge in [0.15, 0.2) is 5.65 Å². The van der Waals surface area contributed by atoms with Gasteiger partial charge >= 0.3 is 6.18 Å². The Labute approximate surface area is 150 Å². The normalized spacial score (nSPS) is 20.3. The molecule has 2 unspecified atom stereocenters. The Bertz CT molecular complexity index is 990. The second-order valence-corrected chi connectivity index (χ2v) is 6.31. The van der Waals surface area contributed by atoms with Gasteiger partial charge < -0.3 is 15.6 Å². The summed E-state index contributed by atoms with van der Waals surface area (Å²) in [6, 6.07) is 1.51. The molecule has 3 N–H and O–H groups in total. The van der Waals surface area contributed by atoms with Gasteiger partial charge in [-0.25, -0.2) is 19.6 Å². The van der Waals surface area contributed by atoms with E-state index in [4.69, 9.17) is 10.5 Å². The molecule has 3 aromatic heterocycles. The van der Waals surface area contributed by atoms with Crippen LogP contribution in [0, 0.1) is 0 Å². The van der Waals surface area contributed by atoms with Gasteiger partial charge in [0.25, 0.3) is 5.88 Å². The lowest BCUT2D eigenvalue weighted by atomic mass is 10.2. The van der Waals surface area contributed by atoms with Crippen molar-refractivity contribution < 1.29 is 23.0 Å². The molecule has 0 spiro atoms. The first-order chi connectivity index (χ1) is 12.8. The summed E-state index contributed by atoms with van der Waals surface area (Å²) in [5.74, 6) is -0.214. The van der Waals surface area contributed by atoms with Crippen molar-refractivity contribution in [3.63, 3.8) is 0 Å². The van der Waals surface area contributed by atoms with E-state index in [-0.39, 0.29) is 29.0 Å². The number of alkyl halides is 3. The summed E-state index contributed by atoms with van der Waals surface area (Å²) in [5.41, 5.74) is 5.42. The molecule has 27 heavy (non-hydrogen) atoms. The Hall–Kier alpha value is -2.95. The number of hydrogen-bond acceptors (Lipinski definition) is 7. The summed E-state index contributed by atoms with van der Waals surface area (Å²) in [6.45, 7) is 0. The minimum atomic E-state index is -4.52. The summed E-state index contributed by atoms with van der Waals surface area (Å²) in [6.07, 6.45) is -0.894. The lowest BCUT2D eigenvalue weighted by Crippen LogP contribution is -2.09. The number of aliphatic hydroxyl groups excluding tert-OH is 1. The van der Waals surface area contributed by atoms with E-state index >= 15 is 0 Å². The standard InChI is InChI=1S/C16H15F3N6O2/c17-16(18,19)8-3-4-21-11(5-8)27-15-12-13(20)22-7-23-14(12)25(24-15)9-1-2-10(26)6-9/h3-5,7,9-10,26H,1-2,6H2,(H2,20,22,23). The van der Waals surface area contributed by atoms with E-state index in [1.54, 1.807) is 4.68 Å². The lowest BCUT2D eigenvalue weighted by Gasteiger charge is -2.10. The highest BCUT2D eigenvalue weighted by atomic mass is 19.4. The number of pyridine rings is 1. The van der Waals surface area contributed by atoms with E-state index in [2.05, 4.69) is 20.1 Å². The van der Waals surface area contributed by atoms with Gasteiger partial charge in [-0.2, -0.15) is 13.2 Å². The van der Waals surface area contributed by atoms with Gasteiger partial charge in [0.2, 0.25) is 5.88 Å². The number of nitrogens with two attached hydrogens (primary N) is 1. The topological polar surface area (TPSA) is 112 Å². The van der Waals surface area contributed by atoms with Gasteiger partial charge in [-0.1, -0.05) is 0 Å². The number of aromatic nitrogens is 5. The molecule has 1 aliphatic carbocycles. The highest BCUT2D eigenvalue weighted by Crippen LogP contribution is 2.38. The SMILES string of the molecule is Nc1ncnc2c1c(Oc1cc(C(F)(F)F)ccn1)nn2C1CCC(O)C1. The fourth-order valence-corrected chi connectivity index (χ4v) is 3.19. The number of rotatable bonds is 3. The largest absolute Gasteiger partial charge is 0.418 e. The quantitative estimate of drug-likeness (QED) is 0.718. The fraction of sp³-hybridized carbons (Fsp3) is 0.375. The molecule has 2 atom stereocenters. The van der Waals surface area contributed by atoms with E-state index in [1.165, 1.54) is 6.33 Å². The van der Waals surface area contributed by atoms with Crippen molar-refractivity contribution in [1.29, 1.82) is 0 Å². The average Bonchev–Trinajstić information content (AvgIpc) is 3.19. The van der Waals surface area contributed by atoms with Crippen LogP contribution in [0.5, 0.6) is 11.8 Å². The van der Waals surface area contributed by atoms with Crippen molar-refractivity contribution in [3.8, 4) is 11.8 Å². The van der Waals surface area contributed by atoms with Crippen LogP contribution < -0.4 is 10.5 Å². The van der Waals surface area contributed by atoms with Crippen LogP contribution in [0.1, 0.15) is 30.9 Å². The van der Waals surface area contributed by atoms with Crippen LogP contribution in [0.3, 0.4) is 0 Å². The third-order valence-electron chi connectivity index (χ3n) is 4.47.